The first-order valence-corrected chi connectivity index (χ1v) is 6.59. The average molecular weight is 276 g/mol. The molecule has 3 unspecified atom stereocenters. The smallest absolute Gasteiger partial charge is 0.0696 e. The summed E-state index contributed by atoms with van der Waals surface area (Å²) in [6.45, 7) is 4.00. The molecule has 0 aliphatic heterocycles. The summed E-state index contributed by atoms with van der Waals surface area (Å²) in [6.07, 6.45) is 0.892. The zero-order valence-electron chi connectivity index (χ0n) is 10.2. The van der Waals surface area contributed by atoms with Crippen molar-refractivity contribution in [3.8, 4) is 0 Å². The average Bonchev–Trinajstić information content (AvgIpc) is 2.26. The first-order chi connectivity index (χ1) is 7.93. The van der Waals surface area contributed by atoms with Gasteiger partial charge in [-0.1, -0.05) is 37.0 Å². The largest absolute Gasteiger partial charge is 0.391 e. The Balaban J connectivity index is 2.72. The zero-order valence-corrected chi connectivity index (χ0v) is 11.7. The van der Waals surface area contributed by atoms with E-state index in [1.807, 2.05) is 26.0 Å². The summed E-state index contributed by atoms with van der Waals surface area (Å²) in [6, 6.07) is 5.28. The summed E-state index contributed by atoms with van der Waals surface area (Å²) in [4.78, 5) is 0. The maximum absolute atomic E-state index is 9.90. The van der Waals surface area contributed by atoms with E-state index < -0.39 is 6.10 Å². The molecule has 0 aliphatic rings. The van der Waals surface area contributed by atoms with Gasteiger partial charge in [0.05, 0.1) is 6.10 Å². The highest BCUT2D eigenvalue weighted by Crippen LogP contribution is 2.27. The van der Waals surface area contributed by atoms with Crippen LogP contribution in [-0.2, 0) is 0 Å². The third-order valence-corrected chi connectivity index (χ3v) is 3.45. The van der Waals surface area contributed by atoms with Crippen LogP contribution in [0.15, 0.2) is 18.2 Å². The minimum Gasteiger partial charge on any atom is -0.391 e. The molecule has 2 nitrogen and oxygen atoms in total. The molecule has 3 N–H and O–H groups in total. The van der Waals surface area contributed by atoms with Gasteiger partial charge in [0.25, 0.3) is 0 Å². The van der Waals surface area contributed by atoms with Crippen molar-refractivity contribution in [1.29, 1.82) is 0 Å². The van der Waals surface area contributed by atoms with Crippen molar-refractivity contribution in [2.75, 3.05) is 0 Å². The number of halogens is 2. The quantitative estimate of drug-likeness (QED) is 0.863. The topological polar surface area (TPSA) is 46.2 Å². The molecule has 0 aromatic heterocycles. The number of rotatable bonds is 5. The second-order valence-electron chi connectivity index (χ2n) is 4.48. The molecule has 0 amide bonds. The van der Waals surface area contributed by atoms with Crippen LogP contribution >= 0.6 is 23.2 Å². The van der Waals surface area contributed by atoms with E-state index in [1.165, 1.54) is 0 Å². The summed E-state index contributed by atoms with van der Waals surface area (Å²) in [5.41, 5.74) is 6.83. The minimum absolute atomic E-state index is 0.174. The monoisotopic (exact) mass is 275 g/mol. The molecule has 1 aromatic rings. The van der Waals surface area contributed by atoms with Crippen molar-refractivity contribution in [2.45, 2.75) is 44.8 Å². The van der Waals surface area contributed by atoms with Crippen LogP contribution in [0.2, 0.25) is 10.0 Å². The van der Waals surface area contributed by atoms with Crippen molar-refractivity contribution >= 4 is 23.2 Å². The molecule has 17 heavy (non-hydrogen) atoms. The van der Waals surface area contributed by atoms with Crippen LogP contribution in [0.5, 0.6) is 0 Å². The molecule has 4 heteroatoms. The van der Waals surface area contributed by atoms with Crippen LogP contribution in [0.4, 0.5) is 0 Å². The molecular weight excluding hydrogens is 257 g/mol. The Bertz CT molecular complexity index is 350. The summed E-state index contributed by atoms with van der Waals surface area (Å²) < 4.78 is 0. The fourth-order valence-electron chi connectivity index (χ4n) is 1.80. The number of hydrogen-bond acceptors (Lipinski definition) is 2. The Hall–Kier alpha value is -0.280. The summed E-state index contributed by atoms with van der Waals surface area (Å²) in [7, 11) is 0. The molecule has 1 aromatic carbocycles. The zero-order chi connectivity index (χ0) is 13.0. The summed E-state index contributed by atoms with van der Waals surface area (Å²) in [5.74, 6) is 0.179. The molecular formula is C13H19Cl2NO. The molecule has 0 radical (unpaired) electrons. The predicted octanol–water partition coefficient (Wildman–Crippen LogP) is 3.59. The van der Waals surface area contributed by atoms with Crippen molar-refractivity contribution in [3.05, 3.63) is 33.8 Å². The van der Waals surface area contributed by atoms with Gasteiger partial charge in [0.2, 0.25) is 0 Å². The van der Waals surface area contributed by atoms with Gasteiger partial charge in [-0.15, -0.1) is 0 Å². The Morgan fingerprint density at radius 3 is 2.24 bits per heavy atom. The highest BCUT2D eigenvalue weighted by Gasteiger charge is 2.17. The lowest BCUT2D eigenvalue weighted by molar-refractivity contribution is 0.126. The summed E-state index contributed by atoms with van der Waals surface area (Å²) in [5, 5.41) is 11.1. The SMILES string of the molecule is CCC(N)C(O)CC(C)c1cc(Cl)cc(Cl)c1. The van der Waals surface area contributed by atoms with E-state index in [1.54, 1.807) is 6.07 Å². The van der Waals surface area contributed by atoms with E-state index in [0.29, 0.717) is 16.5 Å². The molecule has 0 spiro atoms. The number of aliphatic hydroxyl groups is 1. The third kappa shape index (κ3) is 4.47. The van der Waals surface area contributed by atoms with Crippen LogP contribution in [0.1, 0.15) is 38.2 Å². The van der Waals surface area contributed by atoms with Crippen molar-refractivity contribution in [3.63, 3.8) is 0 Å². The van der Waals surface area contributed by atoms with Gasteiger partial charge < -0.3 is 10.8 Å². The van der Waals surface area contributed by atoms with Gasteiger partial charge >= 0.3 is 0 Å². The molecule has 0 bridgehead atoms. The van der Waals surface area contributed by atoms with E-state index in [0.717, 1.165) is 12.0 Å². The standard InChI is InChI=1S/C13H19Cl2NO/c1-3-12(16)13(17)4-8(2)9-5-10(14)7-11(15)6-9/h5-8,12-13,17H,3-4,16H2,1-2H3. The van der Waals surface area contributed by atoms with Crippen molar-refractivity contribution in [2.24, 2.45) is 5.73 Å². The van der Waals surface area contributed by atoms with Gasteiger partial charge in [-0.3, -0.25) is 0 Å². The predicted molar refractivity (Wildman–Crippen MR) is 73.8 cm³/mol. The normalized spacial score (nSPS) is 16.6. The second-order valence-corrected chi connectivity index (χ2v) is 5.35. The molecule has 96 valence electrons. The molecule has 1 rings (SSSR count). The third-order valence-electron chi connectivity index (χ3n) is 3.01. The minimum atomic E-state index is -0.493. The maximum Gasteiger partial charge on any atom is 0.0696 e. The van der Waals surface area contributed by atoms with Gasteiger partial charge in [0.1, 0.15) is 0 Å². The van der Waals surface area contributed by atoms with Gasteiger partial charge in [0, 0.05) is 16.1 Å². The van der Waals surface area contributed by atoms with Gasteiger partial charge in [-0.05, 0) is 42.5 Å². The van der Waals surface area contributed by atoms with E-state index in [2.05, 4.69) is 0 Å². The molecule has 3 atom stereocenters. The second kappa shape index (κ2) is 6.60. The fraction of sp³-hybridized carbons (Fsp3) is 0.538. The fourth-order valence-corrected chi connectivity index (χ4v) is 2.35. The lowest BCUT2D eigenvalue weighted by Crippen LogP contribution is -2.34. The molecule has 0 heterocycles. The lowest BCUT2D eigenvalue weighted by Gasteiger charge is -2.21. The molecule has 0 saturated carbocycles. The van der Waals surface area contributed by atoms with Crippen LogP contribution < -0.4 is 5.73 Å². The van der Waals surface area contributed by atoms with Crippen LogP contribution in [0.3, 0.4) is 0 Å². The Morgan fingerprint density at radius 2 is 1.76 bits per heavy atom. The van der Waals surface area contributed by atoms with Crippen LogP contribution in [0, 0.1) is 0 Å². The number of benzene rings is 1. The Morgan fingerprint density at radius 1 is 1.24 bits per heavy atom. The number of nitrogens with two attached hydrogens (primary N) is 1. The summed E-state index contributed by atoms with van der Waals surface area (Å²) >= 11 is 11.9. The first-order valence-electron chi connectivity index (χ1n) is 5.83. The van der Waals surface area contributed by atoms with E-state index in [9.17, 15) is 5.11 Å². The van der Waals surface area contributed by atoms with Gasteiger partial charge in [0.15, 0.2) is 0 Å². The lowest BCUT2D eigenvalue weighted by atomic mass is 9.92. The van der Waals surface area contributed by atoms with Crippen molar-refractivity contribution in [1.82, 2.24) is 0 Å². The highest BCUT2D eigenvalue weighted by atomic mass is 35.5. The van der Waals surface area contributed by atoms with Crippen molar-refractivity contribution < 1.29 is 5.11 Å². The first kappa shape index (κ1) is 14.8. The maximum atomic E-state index is 9.90. The molecule has 0 aliphatic carbocycles. The van der Waals surface area contributed by atoms with E-state index in [4.69, 9.17) is 28.9 Å². The Labute approximate surface area is 113 Å². The van der Waals surface area contributed by atoms with Crippen LogP contribution in [-0.4, -0.2) is 17.3 Å². The van der Waals surface area contributed by atoms with E-state index >= 15 is 0 Å². The molecule has 0 fully saturated rings. The molecule has 0 saturated heterocycles. The van der Waals surface area contributed by atoms with Gasteiger partial charge in [-0.2, -0.15) is 0 Å². The van der Waals surface area contributed by atoms with Crippen LogP contribution in [0.25, 0.3) is 0 Å². The van der Waals surface area contributed by atoms with E-state index in [-0.39, 0.29) is 12.0 Å². The number of hydrogen-bond donors (Lipinski definition) is 2. The number of aliphatic hydroxyl groups excluding tert-OH is 1. The highest BCUT2D eigenvalue weighted by molar-refractivity contribution is 6.34. The van der Waals surface area contributed by atoms with Gasteiger partial charge in [-0.25, -0.2) is 0 Å². The Kier molecular flexibility index (Phi) is 5.74.